The van der Waals surface area contributed by atoms with Crippen LogP contribution in [-0.4, -0.2) is 5.91 Å². The fraction of sp³-hybridized carbons (Fsp3) is 0.381. The topological polar surface area (TPSA) is 29.1 Å². The van der Waals surface area contributed by atoms with Crippen LogP contribution in [0.5, 0.6) is 0 Å². The van der Waals surface area contributed by atoms with E-state index in [0.717, 1.165) is 6.42 Å². The van der Waals surface area contributed by atoms with E-state index in [-0.39, 0.29) is 11.9 Å². The molecular formula is C21H25NO. The fourth-order valence-electron chi connectivity index (χ4n) is 3.52. The van der Waals surface area contributed by atoms with Gasteiger partial charge in [0, 0.05) is 6.42 Å². The van der Waals surface area contributed by atoms with Crippen LogP contribution in [0.4, 0.5) is 0 Å². The monoisotopic (exact) mass is 307 g/mol. The highest BCUT2D eigenvalue weighted by molar-refractivity contribution is 5.76. The largest absolute Gasteiger partial charge is 0.349 e. The molecule has 2 heteroatoms. The van der Waals surface area contributed by atoms with Gasteiger partial charge in [0.25, 0.3) is 0 Å². The van der Waals surface area contributed by atoms with Crippen LogP contribution in [-0.2, 0) is 11.2 Å². The Balaban J connectivity index is 1.68. The van der Waals surface area contributed by atoms with Crippen molar-refractivity contribution in [2.24, 2.45) is 5.92 Å². The molecule has 1 fully saturated rings. The minimum absolute atomic E-state index is 0.0486. The minimum Gasteiger partial charge on any atom is -0.349 e. The molecule has 1 unspecified atom stereocenters. The molecule has 1 aliphatic carbocycles. The van der Waals surface area contributed by atoms with Crippen molar-refractivity contribution in [1.82, 2.24) is 5.32 Å². The van der Waals surface area contributed by atoms with Gasteiger partial charge in [-0.2, -0.15) is 0 Å². The summed E-state index contributed by atoms with van der Waals surface area (Å²) in [4.78, 5) is 12.5. The summed E-state index contributed by atoms with van der Waals surface area (Å²) in [7, 11) is 0. The molecule has 1 amide bonds. The predicted molar refractivity (Wildman–Crippen MR) is 94.0 cm³/mol. The molecule has 1 atom stereocenters. The number of rotatable bonds is 6. The van der Waals surface area contributed by atoms with Crippen LogP contribution in [0.15, 0.2) is 60.7 Å². The van der Waals surface area contributed by atoms with Crippen LogP contribution in [0.1, 0.15) is 49.3 Å². The van der Waals surface area contributed by atoms with E-state index in [1.807, 2.05) is 24.3 Å². The molecule has 1 saturated carbocycles. The van der Waals surface area contributed by atoms with Crippen LogP contribution in [0, 0.1) is 5.92 Å². The summed E-state index contributed by atoms with van der Waals surface area (Å²) in [6.07, 6.45) is 6.50. The number of hydrogen-bond donors (Lipinski definition) is 1. The molecule has 23 heavy (non-hydrogen) atoms. The van der Waals surface area contributed by atoms with Gasteiger partial charge in [0.05, 0.1) is 6.04 Å². The molecule has 0 bridgehead atoms. The average Bonchev–Trinajstić information content (AvgIpc) is 3.09. The summed E-state index contributed by atoms with van der Waals surface area (Å²) in [6.45, 7) is 0. The highest BCUT2D eigenvalue weighted by atomic mass is 16.1. The summed E-state index contributed by atoms with van der Waals surface area (Å²) < 4.78 is 0. The zero-order valence-corrected chi connectivity index (χ0v) is 13.6. The Hall–Kier alpha value is -2.09. The van der Waals surface area contributed by atoms with Crippen molar-refractivity contribution in [2.75, 3.05) is 0 Å². The van der Waals surface area contributed by atoms with Crippen molar-refractivity contribution in [2.45, 2.75) is 44.6 Å². The molecule has 0 aromatic heterocycles. The molecule has 0 saturated heterocycles. The molecule has 120 valence electrons. The number of carbonyl (C=O) groups is 1. The molecular weight excluding hydrogens is 282 g/mol. The molecule has 0 aliphatic heterocycles. The highest BCUT2D eigenvalue weighted by Crippen LogP contribution is 2.28. The van der Waals surface area contributed by atoms with Crippen LogP contribution in [0.3, 0.4) is 0 Å². The van der Waals surface area contributed by atoms with Gasteiger partial charge in [-0.1, -0.05) is 73.5 Å². The van der Waals surface area contributed by atoms with Gasteiger partial charge in [-0.15, -0.1) is 0 Å². The second kappa shape index (κ2) is 7.96. The Bertz CT molecular complexity index is 602. The van der Waals surface area contributed by atoms with E-state index in [4.69, 9.17) is 0 Å². The number of hydrogen-bond acceptors (Lipinski definition) is 1. The second-order valence-corrected chi connectivity index (χ2v) is 6.58. The zero-order chi connectivity index (χ0) is 15.9. The van der Waals surface area contributed by atoms with Crippen molar-refractivity contribution in [3.05, 3.63) is 71.8 Å². The normalized spacial score (nSPS) is 16.2. The van der Waals surface area contributed by atoms with Crippen molar-refractivity contribution in [3.8, 4) is 0 Å². The first kappa shape index (κ1) is 15.8. The van der Waals surface area contributed by atoms with Crippen molar-refractivity contribution >= 4 is 5.91 Å². The summed E-state index contributed by atoms with van der Waals surface area (Å²) >= 11 is 0. The van der Waals surface area contributed by atoms with Crippen molar-refractivity contribution < 1.29 is 4.79 Å². The molecule has 0 heterocycles. The van der Waals surface area contributed by atoms with Crippen LogP contribution in [0.25, 0.3) is 0 Å². The van der Waals surface area contributed by atoms with Gasteiger partial charge in [0.2, 0.25) is 5.91 Å². The van der Waals surface area contributed by atoms with Gasteiger partial charge >= 0.3 is 0 Å². The predicted octanol–water partition coefficient (Wildman–Crippen LogP) is 4.67. The maximum atomic E-state index is 12.5. The van der Waals surface area contributed by atoms with E-state index >= 15 is 0 Å². The Morgan fingerprint density at radius 3 is 2.22 bits per heavy atom. The van der Waals surface area contributed by atoms with Gasteiger partial charge < -0.3 is 5.32 Å². The summed E-state index contributed by atoms with van der Waals surface area (Å²) in [6, 6.07) is 20.7. The van der Waals surface area contributed by atoms with E-state index < -0.39 is 0 Å². The van der Waals surface area contributed by atoms with Gasteiger partial charge in [-0.25, -0.2) is 0 Å². The molecule has 1 aliphatic rings. The quantitative estimate of drug-likeness (QED) is 0.825. The summed E-state index contributed by atoms with van der Waals surface area (Å²) in [5.74, 6) is 0.782. The fourth-order valence-corrected chi connectivity index (χ4v) is 3.52. The van der Waals surface area contributed by atoms with Gasteiger partial charge in [-0.3, -0.25) is 4.79 Å². The molecule has 2 nitrogen and oxygen atoms in total. The molecule has 2 aromatic rings. The second-order valence-electron chi connectivity index (χ2n) is 6.58. The lowest BCUT2D eigenvalue weighted by atomic mass is 9.97. The van der Waals surface area contributed by atoms with Crippen molar-refractivity contribution in [3.63, 3.8) is 0 Å². The maximum Gasteiger partial charge on any atom is 0.220 e. The van der Waals surface area contributed by atoms with E-state index in [9.17, 15) is 4.79 Å². The third kappa shape index (κ3) is 4.69. The third-order valence-electron chi connectivity index (χ3n) is 4.77. The SMILES string of the molecule is O=C(CC1CCCC1)NC(Cc1ccccc1)c1ccccc1. The van der Waals surface area contributed by atoms with Crippen LogP contribution >= 0.6 is 0 Å². The lowest BCUT2D eigenvalue weighted by Gasteiger charge is -2.20. The Kier molecular flexibility index (Phi) is 5.46. The number of amides is 1. The van der Waals surface area contributed by atoms with Gasteiger partial charge in [0.1, 0.15) is 0 Å². The number of nitrogens with one attached hydrogen (secondary N) is 1. The Morgan fingerprint density at radius 1 is 0.957 bits per heavy atom. The Labute approximate surface area is 138 Å². The van der Waals surface area contributed by atoms with E-state index in [1.165, 1.54) is 36.8 Å². The Morgan fingerprint density at radius 2 is 1.57 bits per heavy atom. The van der Waals surface area contributed by atoms with Crippen LogP contribution < -0.4 is 5.32 Å². The molecule has 0 radical (unpaired) electrons. The minimum atomic E-state index is 0.0486. The first-order valence-electron chi connectivity index (χ1n) is 8.69. The van der Waals surface area contributed by atoms with Crippen LogP contribution in [0.2, 0.25) is 0 Å². The van der Waals surface area contributed by atoms with E-state index in [0.29, 0.717) is 12.3 Å². The third-order valence-corrected chi connectivity index (χ3v) is 4.77. The number of benzene rings is 2. The number of carbonyl (C=O) groups excluding carboxylic acids is 1. The average molecular weight is 307 g/mol. The first-order chi connectivity index (χ1) is 11.3. The zero-order valence-electron chi connectivity index (χ0n) is 13.6. The lowest BCUT2D eigenvalue weighted by molar-refractivity contribution is -0.122. The molecule has 2 aromatic carbocycles. The molecule has 1 N–H and O–H groups in total. The van der Waals surface area contributed by atoms with Gasteiger partial charge in [0.15, 0.2) is 0 Å². The standard InChI is InChI=1S/C21H25NO/c23-21(16-18-11-7-8-12-18)22-20(19-13-5-2-6-14-19)15-17-9-3-1-4-10-17/h1-6,9-10,13-14,18,20H,7-8,11-12,15-16H2,(H,22,23). The maximum absolute atomic E-state index is 12.5. The van der Waals surface area contributed by atoms with Gasteiger partial charge in [-0.05, 0) is 36.3 Å². The summed E-state index contributed by atoms with van der Waals surface area (Å²) in [5.41, 5.74) is 2.43. The first-order valence-corrected chi connectivity index (χ1v) is 8.69. The van der Waals surface area contributed by atoms with Crippen molar-refractivity contribution in [1.29, 1.82) is 0 Å². The molecule has 3 rings (SSSR count). The lowest BCUT2D eigenvalue weighted by Crippen LogP contribution is -2.31. The van der Waals surface area contributed by atoms with E-state index in [1.54, 1.807) is 0 Å². The molecule has 0 spiro atoms. The van der Waals surface area contributed by atoms with E-state index in [2.05, 4.69) is 41.7 Å². The summed E-state index contributed by atoms with van der Waals surface area (Å²) in [5, 5.41) is 3.27. The highest BCUT2D eigenvalue weighted by Gasteiger charge is 2.21. The smallest absolute Gasteiger partial charge is 0.220 e.